The topological polar surface area (TPSA) is 68.8 Å². The number of aromatic nitrogens is 1. The monoisotopic (exact) mass is 465 g/mol. The Balaban J connectivity index is 0.00000306. The summed E-state index contributed by atoms with van der Waals surface area (Å²) in [7, 11) is 0. The highest BCUT2D eigenvalue weighted by atomic mass is 19.3. The van der Waals surface area contributed by atoms with Crippen molar-refractivity contribution in [3.05, 3.63) is 23.5 Å². The van der Waals surface area contributed by atoms with E-state index in [4.69, 9.17) is 0 Å². The summed E-state index contributed by atoms with van der Waals surface area (Å²) in [6.45, 7) is 10.3. The number of rotatable bonds is 5. The number of amides is 2. The van der Waals surface area contributed by atoms with Crippen LogP contribution >= 0.6 is 0 Å². The van der Waals surface area contributed by atoms with Crippen LogP contribution in [0.25, 0.3) is 0 Å². The molecule has 1 aromatic heterocycles. The third-order valence-corrected chi connectivity index (χ3v) is 6.87. The molecule has 0 unspecified atom stereocenters. The summed E-state index contributed by atoms with van der Waals surface area (Å²) in [5.74, 6) is -3.01. The summed E-state index contributed by atoms with van der Waals surface area (Å²) < 4.78 is 27.8. The van der Waals surface area contributed by atoms with E-state index in [0.717, 1.165) is 25.5 Å². The molecule has 0 saturated carbocycles. The Hall–Kier alpha value is -2.13. The van der Waals surface area contributed by atoms with Crippen LogP contribution in [-0.4, -0.2) is 78.0 Å². The van der Waals surface area contributed by atoms with Gasteiger partial charge in [0.2, 0.25) is 11.8 Å². The van der Waals surface area contributed by atoms with Crippen LogP contribution in [0.15, 0.2) is 12.3 Å². The van der Waals surface area contributed by atoms with Crippen molar-refractivity contribution in [1.29, 1.82) is 0 Å². The van der Waals surface area contributed by atoms with Gasteiger partial charge in [0.15, 0.2) is 0 Å². The molecule has 1 N–H and O–H groups in total. The molecule has 4 rings (SSSR count). The highest BCUT2D eigenvalue weighted by Gasteiger charge is 2.41. The van der Waals surface area contributed by atoms with Crippen LogP contribution in [0.1, 0.15) is 59.2 Å². The van der Waals surface area contributed by atoms with Gasteiger partial charge in [-0.05, 0) is 19.4 Å². The Labute approximate surface area is 195 Å². The summed E-state index contributed by atoms with van der Waals surface area (Å²) in [4.78, 5) is 35.2. The van der Waals surface area contributed by atoms with Crippen molar-refractivity contribution < 1.29 is 18.4 Å². The molecule has 0 spiro atoms. The number of carbonyl (C=O) groups is 2. The van der Waals surface area contributed by atoms with Crippen LogP contribution in [0, 0.1) is 0 Å². The first-order valence-corrected chi connectivity index (χ1v) is 11.4. The van der Waals surface area contributed by atoms with Crippen molar-refractivity contribution in [2.24, 2.45) is 0 Å². The summed E-state index contributed by atoms with van der Waals surface area (Å²) in [6, 6.07) is 1.63. The van der Waals surface area contributed by atoms with Crippen molar-refractivity contribution >= 4 is 17.5 Å². The smallest absolute Gasteiger partial charge is 0.287 e. The van der Waals surface area contributed by atoms with Crippen molar-refractivity contribution in [2.75, 3.05) is 44.2 Å². The van der Waals surface area contributed by atoms with Gasteiger partial charge in [-0.3, -0.25) is 19.5 Å². The number of nitrogens with one attached hydrogen (secondary N) is 1. The lowest BCUT2D eigenvalue weighted by molar-refractivity contribution is -0.128. The molecule has 7 nitrogen and oxygen atoms in total. The Bertz CT molecular complexity index is 901. The summed E-state index contributed by atoms with van der Waals surface area (Å²) in [5.41, 5.74) is 0.651. The first-order chi connectivity index (χ1) is 15.0. The molecular formula is C24H37F2N5O2. The molecule has 1 aromatic rings. The molecule has 2 fully saturated rings. The lowest BCUT2D eigenvalue weighted by Gasteiger charge is -2.41. The SMILES string of the molecule is C.C[C@@H]1CN(CC(=O)N2CC(C)(C)c3cnc(C(C)(F)F)cc32)[C@@H](CN2CCCC2=O)CN1. The number of hydrogen-bond donors (Lipinski definition) is 1. The lowest BCUT2D eigenvalue weighted by Crippen LogP contribution is -2.60. The van der Waals surface area contributed by atoms with Gasteiger partial charge in [0, 0.05) is 75.3 Å². The number of pyridine rings is 1. The number of halogens is 2. The van der Waals surface area contributed by atoms with E-state index in [1.807, 2.05) is 18.7 Å². The van der Waals surface area contributed by atoms with Gasteiger partial charge in [-0.15, -0.1) is 0 Å². The van der Waals surface area contributed by atoms with Gasteiger partial charge >= 0.3 is 0 Å². The van der Waals surface area contributed by atoms with Crippen LogP contribution in [0.2, 0.25) is 0 Å². The molecule has 0 aromatic carbocycles. The predicted octanol–water partition coefficient (Wildman–Crippen LogP) is 2.74. The van der Waals surface area contributed by atoms with Gasteiger partial charge in [0.05, 0.1) is 12.2 Å². The van der Waals surface area contributed by atoms with Crippen molar-refractivity contribution in [3.63, 3.8) is 0 Å². The maximum Gasteiger partial charge on any atom is 0.287 e. The molecule has 184 valence electrons. The number of piperazine rings is 1. The van der Waals surface area contributed by atoms with Crippen LogP contribution in [0.4, 0.5) is 14.5 Å². The number of fused-ring (bicyclic) bond motifs is 1. The summed E-state index contributed by atoms with van der Waals surface area (Å²) in [6.07, 6.45) is 2.96. The highest BCUT2D eigenvalue weighted by molar-refractivity contribution is 5.97. The number of alkyl halides is 2. The normalized spacial score (nSPS) is 25.2. The third-order valence-electron chi connectivity index (χ3n) is 6.87. The Kier molecular flexibility index (Phi) is 7.15. The Morgan fingerprint density at radius 2 is 2.09 bits per heavy atom. The van der Waals surface area contributed by atoms with Gasteiger partial charge in [-0.1, -0.05) is 21.3 Å². The van der Waals surface area contributed by atoms with Gasteiger partial charge in [0.25, 0.3) is 5.92 Å². The van der Waals surface area contributed by atoms with Crippen molar-refractivity contribution in [1.82, 2.24) is 20.1 Å². The molecule has 3 aliphatic rings. The molecule has 2 amide bonds. The van der Waals surface area contributed by atoms with Gasteiger partial charge in [0.1, 0.15) is 5.69 Å². The Morgan fingerprint density at radius 3 is 2.73 bits per heavy atom. The average molecular weight is 466 g/mol. The van der Waals surface area contributed by atoms with E-state index < -0.39 is 5.92 Å². The maximum atomic E-state index is 13.9. The number of nitrogens with zero attached hydrogens (tertiary/aromatic N) is 4. The molecule has 2 atom stereocenters. The second kappa shape index (κ2) is 9.25. The number of hydrogen-bond acceptors (Lipinski definition) is 5. The van der Waals surface area contributed by atoms with Gasteiger partial charge in [-0.25, -0.2) is 0 Å². The predicted molar refractivity (Wildman–Crippen MR) is 125 cm³/mol. The van der Waals surface area contributed by atoms with E-state index in [1.165, 1.54) is 12.3 Å². The number of anilines is 1. The molecule has 0 bridgehead atoms. The average Bonchev–Trinajstić information content (AvgIpc) is 3.23. The van der Waals surface area contributed by atoms with Gasteiger partial charge < -0.3 is 15.1 Å². The van der Waals surface area contributed by atoms with E-state index in [9.17, 15) is 18.4 Å². The maximum absolute atomic E-state index is 13.9. The van der Waals surface area contributed by atoms with E-state index in [0.29, 0.717) is 38.3 Å². The molecule has 33 heavy (non-hydrogen) atoms. The van der Waals surface area contributed by atoms with Crippen LogP contribution < -0.4 is 10.2 Å². The zero-order valence-electron chi connectivity index (χ0n) is 19.3. The quantitative estimate of drug-likeness (QED) is 0.724. The minimum Gasteiger partial charge on any atom is -0.341 e. The second-order valence-corrected chi connectivity index (χ2v) is 10.2. The third kappa shape index (κ3) is 5.19. The fraction of sp³-hybridized carbons (Fsp3) is 0.708. The van der Waals surface area contributed by atoms with E-state index in [-0.39, 0.29) is 49.0 Å². The zero-order chi connectivity index (χ0) is 23.3. The van der Waals surface area contributed by atoms with Crippen LogP contribution in [-0.2, 0) is 20.9 Å². The molecule has 2 saturated heterocycles. The minimum atomic E-state index is -3.07. The Morgan fingerprint density at radius 1 is 1.36 bits per heavy atom. The molecule has 0 radical (unpaired) electrons. The largest absolute Gasteiger partial charge is 0.341 e. The van der Waals surface area contributed by atoms with Crippen LogP contribution in [0.5, 0.6) is 0 Å². The fourth-order valence-corrected chi connectivity index (χ4v) is 5.03. The number of carbonyl (C=O) groups excluding carboxylic acids is 2. The van der Waals surface area contributed by atoms with E-state index in [2.05, 4.69) is 22.1 Å². The van der Waals surface area contributed by atoms with Crippen molar-refractivity contribution in [3.8, 4) is 0 Å². The highest BCUT2D eigenvalue weighted by Crippen LogP contribution is 2.42. The van der Waals surface area contributed by atoms with Crippen molar-refractivity contribution in [2.45, 2.75) is 71.4 Å². The summed E-state index contributed by atoms with van der Waals surface area (Å²) in [5, 5.41) is 3.45. The molecule has 3 aliphatic heterocycles. The fourth-order valence-electron chi connectivity index (χ4n) is 5.03. The summed E-state index contributed by atoms with van der Waals surface area (Å²) >= 11 is 0. The molecule has 0 aliphatic carbocycles. The van der Waals surface area contributed by atoms with Gasteiger partial charge in [-0.2, -0.15) is 8.78 Å². The first-order valence-electron chi connectivity index (χ1n) is 11.4. The minimum absolute atomic E-state index is 0. The first kappa shape index (κ1) is 25.5. The van der Waals surface area contributed by atoms with E-state index >= 15 is 0 Å². The molecule has 9 heteroatoms. The lowest BCUT2D eigenvalue weighted by atomic mass is 9.88. The molecule has 4 heterocycles. The number of likely N-dealkylation sites (tertiary alicyclic amines) is 1. The second-order valence-electron chi connectivity index (χ2n) is 10.2. The standard InChI is InChI=1S/C23H33F2N5O2.CH4/c1-15-11-29(16(9-26-15)12-28-7-5-6-20(28)31)13-21(32)30-14-22(2,3)17-10-27-19(8-18(17)30)23(4,24)25;/h8,10,15-16,26H,5-7,9,11-14H2,1-4H3;1H4/t15-,16-;/m1./s1. The molecular weight excluding hydrogens is 428 g/mol. The van der Waals surface area contributed by atoms with E-state index in [1.54, 1.807) is 4.90 Å². The van der Waals surface area contributed by atoms with Crippen LogP contribution in [0.3, 0.4) is 0 Å². The zero-order valence-corrected chi connectivity index (χ0v) is 19.3.